The smallest absolute Gasteiger partial charge is 0.330 e. The predicted octanol–water partition coefficient (Wildman–Crippen LogP) is 5.41. The molecule has 0 aromatic heterocycles. The molecule has 0 fully saturated rings. The molecule has 2 amide bonds. The molecule has 216 valence electrons. The molecule has 0 bridgehead atoms. The van der Waals surface area contributed by atoms with E-state index in [1.54, 1.807) is 0 Å². The molecule has 0 saturated heterocycles. The summed E-state index contributed by atoms with van der Waals surface area (Å²) < 4.78 is 4.41. The number of carbonyl (C=O) groups excluding carboxylic acids is 3. The van der Waals surface area contributed by atoms with Gasteiger partial charge in [0.15, 0.2) is 0 Å². The van der Waals surface area contributed by atoms with Crippen LogP contribution in [-0.2, 0) is 19.1 Å². The minimum absolute atomic E-state index is 0.0548. The van der Waals surface area contributed by atoms with E-state index in [2.05, 4.69) is 101 Å². The van der Waals surface area contributed by atoms with Crippen molar-refractivity contribution in [2.45, 2.75) is 64.7 Å². The third-order valence-electron chi connectivity index (χ3n) is 5.16. The number of amides is 2. The average Bonchev–Trinajstić information content (AvgIpc) is 2.94. The Morgan fingerprint density at radius 1 is 0.615 bits per heavy atom. The van der Waals surface area contributed by atoms with E-state index in [0.717, 1.165) is 70.1 Å². The largest absolute Gasteiger partial charge is 0.466 e. The standard InChI is InChI=1S/C32H49N3O4/c1-3-4-5-6-7-8-9-10-11-12-13-14-15-16-17-18-19-20-21-23-30(36)34-27-22-26-33-28-29-35-31(37)24-25-32(38)39-2/h4-5,7-8,10-11,13-14,16-17,19-20,24-25,33H,3,6,9,12,15,18,21-23,26-29H2,1-2H3,(H,34,36)(H,35,37). The van der Waals surface area contributed by atoms with Crippen LogP contribution in [0.15, 0.2) is 85.1 Å². The van der Waals surface area contributed by atoms with Crippen LogP contribution >= 0.6 is 0 Å². The molecule has 7 heteroatoms. The Morgan fingerprint density at radius 2 is 1.15 bits per heavy atom. The third-order valence-corrected chi connectivity index (χ3v) is 5.16. The topological polar surface area (TPSA) is 96.5 Å². The molecule has 0 aromatic carbocycles. The van der Waals surface area contributed by atoms with Crippen LogP contribution in [0.25, 0.3) is 0 Å². The molecule has 0 aromatic rings. The van der Waals surface area contributed by atoms with Crippen LogP contribution in [0.1, 0.15) is 64.7 Å². The first-order valence-corrected chi connectivity index (χ1v) is 14.0. The summed E-state index contributed by atoms with van der Waals surface area (Å²) in [5.41, 5.74) is 0. The average molecular weight is 540 g/mol. The molecule has 0 heterocycles. The van der Waals surface area contributed by atoms with Crippen molar-refractivity contribution < 1.29 is 19.1 Å². The number of nitrogens with one attached hydrogen (secondary N) is 3. The van der Waals surface area contributed by atoms with E-state index in [4.69, 9.17) is 0 Å². The van der Waals surface area contributed by atoms with Crippen molar-refractivity contribution in [2.24, 2.45) is 0 Å². The van der Waals surface area contributed by atoms with Gasteiger partial charge in [-0.05, 0) is 57.9 Å². The van der Waals surface area contributed by atoms with Crippen LogP contribution in [0, 0.1) is 0 Å². The van der Waals surface area contributed by atoms with Gasteiger partial charge in [-0.2, -0.15) is 0 Å². The van der Waals surface area contributed by atoms with Crippen LogP contribution in [0.5, 0.6) is 0 Å². The summed E-state index contributed by atoms with van der Waals surface area (Å²) in [6, 6.07) is 0. The number of carbonyl (C=O) groups is 3. The van der Waals surface area contributed by atoms with E-state index in [-0.39, 0.29) is 11.8 Å². The van der Waals surface area contributed by atoms with Gasteiger partial charge in [0.05, 0.1) is 7.11 Å². The zero-order valence-electron chi connectivity index (χ0n) is 23.9. The minimum Gasteiger partial charge on any atom is -0.466 e. The van der Waals surface area contributed by atoms with Crippen molar-refractivity contribution in [1.82, 2.24) is 16.0 Å². The lowest BCUT2D eigenvalue weighted by atomic mass is 10.2. The number of methoxy groups -OCH3 is 1. The van der Waals surface area contributed by atoms with Gasteiger partial charge >= 0.3 is 5.97 Å². The van der Waals surface area contributed by atoms with E-state index < -0.39 is 5.97 Å². The van der Waals surface area contributed by atoms with Gasteiger partial charge in [-0.3, -0.25) is 9.59 Å². The molecule has 3 N–H and O–H groups in total. The van der Waals surface area contributed by atoms with Crippen LogP contribution < -0.4 is 16.0 Å². The summed E-state index contributed by atoms with van der Waals surface area (Å²) in [5, 5.41) is 8.76. The highest BCUT2D eigenvalue weighted by Gasteiger charge is 1.99. The van der Waals surface area contributed by atoms with E-state index >= 15 is 0 Å². The summed E-state index contributed by atoms with van der Waals surface area (Å²) in [7, 11) is 1.25. The van der Waals surface area contributed by atoms with Crippen LogP contribution in [-0.4, -0.2) is 51.1 Å². The van der Waals surface area contributed by atoms with Crippen molar-refractivity contribution in [2.75, 3.05) is 33.3 Å². The van der Waals surface area contributed by atoms with Gasteiger partial charge in [0.1, 0.15) is 0 Å². The monoisotopic (exact) mass is 539 g/mol. The third kappa shape index (κ3) is 29.0. The van der Waals surface area contributed by atoms with Crippen LogP contribution in [0.3, 0.4) is 0 Å². The van der Waals surface area contributed by atoms with Gasteiger partial charge in [-0.15, -0.1) is 0 Å². The minimum atomic E-state index is -0.567. The summed E-state index contributed by atoms with van der Waals surface area (Å²) in [6.07, 6.45) is 36.1. The first-order chi connectivity index (χ1) is 19.1. The van der Waals surface area contributed by atoms with Gasteiger partial charge in [0.25, 0.3) is 0 Å². The van der Waals surface area contributed by atoms with E-state index in [9.17, 15) is 14.4 Å². The molecule has 0 unspecified atom stereocenters. The van der Waals surface area contributed by atoms with Crippen molar-refractivity contribution in [3.63, 3.8) is 0 Å². The summed E-state index contributed by atoms with van der Waals surface area (Å²) in [5.74, 6) is -0.858. The van der Waals surface area contributed by atoms with Crippen LogP contribution in [0.4, 0.5) is 0 Å². The molecular formula is C32H49N3O4. The van der Waals surface area contributed by atoms with Gasteiger partial charge in [0, 0.05) is 38.2 Å². The lowest BCUT2D eigenvalue weighted by Crippen LogP contribution is -2.32. The van der Waals surface area contributed by atoms with Crippen molar-refractivity contribution >= 4 is 17.8 Å². The van der Waals surface area contributed by atoms with E-state index in [0.29, 0.717) is 26.1 Å². The molecule has 0 radical (unpaired) electrons. The maximum absolute atomic E-state index is 11.9. The molecule has 0 atom stereocenters. The zero-order chi connectivity index (χ0) is 28.7. The SMILES string of the molecule is CCC=CCC=CCC=CCC=CCC=CCC=CCCC(=O)NCCCNCCNC(=O)C=CC(=O)OC. The first kappa shape index (κ1) is 35.5. The van der Waals surface area contributed by atoms with Crippen molar-refractivity contribution in [3.05, 3.63) is 85.1 Å². The summed E-state index contributed by atoms with van der Waals surface area (Å²) >= 11 is 0. The van der Waals surface area contributed by atoms with Gasteiger partial charge in [-0.25, -0.2) is 4.79 Å². The second kappa shape index (κ2) is 29.1. The van der Waals surface area contributed by atoms with E-state index in [1.165, 1.54) is 7.11 Å². The second-order valence-corrected chi connectivity index (χ2v) is 8.55. The van der Waals surface area contributed by atoms with Crippen molar-refractivity contribution in [3.8, 4) is 0 Å². The molecular weight excluding hydrogens is 490 g/mol. The lowest BCUT2D eigenvalue weighted by molar-refractivity contribution is -0.135. The maximum atomic E-state index is 11.9. The fraction of sp³-hybridized carbons (Fsp3) is 0.469. The number of rotatable bonds is 23. The van der Waals surface area contributed by atoms with Crippen molar-refractivity contribution in [1.29, 1.82) is 0 Å². The summed E-state index contributed by atoms with van der Waals surface area (Å²) in [4.78, 5) is 34.2. The molecule has 0 rings (SSSR count). The number of hydrogen-bond acceptors (Lipinski definition) is 5. The molecule has 0 saturated carbocycles. The molecule has 0 aliphatic carbocycles. The Kier molecular flexibility index (Phi) is 26.5. The number of ether oxygens (including phenoxy) is 1. The van der Waals surface area contributed by atoms with E-state index in [1.807, 2.05) is 0 Å². The van der Waals surface area contributed by atoms with Gasteiger partial charge < -0.3 is 20.7 Å². The zero-order valence-corrected chi connectivity index (χ0v) is 23.9. The summed E-state index contributed by atoms with van der Waals surface area (Å²) in [6.45, 7) is 4.55. The van der Waals surface area contributed by atoms with Crippen LogP contribution in [0.2, 0.25) is 0 Å². The predicted molar refractivity (Wildman–Crippen MR) is 162 cm³/mol. The molecule has 0 spiro atoms. The maximum Gasteiger partial charge on any atom is 0.330 e. The number of hydrogen-bond donors (Lipinski definition) is 3. The Hall–Kier alpha value is -3.45. The second-order valence-electron chi connectivity index (χ2n) is 8.55. The fourth-order valence-electron chi connectivity index (χ4n) is 3.05. The normalized spacial score (nSPS) is 12.4. The molecule has 39 heavy (non-hydrogen) atoms. The Balaban J connectivity index is 3.57. The first-order valence-electron chi connectivity index (χ1n) is 14.0. The Labute approximate surface area is 235 Å². The molecule has 0 aliphatic heterocycles. The number of allylic oxidation sites excluding steroid dienone is 12. The highest BCUT2D eigenvalue weighted by molar-refractivity contribution is 5.94. The Morgan fingerprint density at radius 3 is 1.69 bits per heavy atom. The Bertz CT molecular complexity index is 851. The lowest BCUT2D eigenvalue weighted by Gasteiger charge is -2.06. The van der Waals surface area contributed by atoms with Gasteiger partial charge in [0.2, 0.25) is 11.8 Å². The molecule has 0 aliphatic rings. The quantitative estimate of drug-likeness (QED) is 0.0699. The number of esters is 1. The highest BCUT2D eigenvalue weighted by atomic mass is 16.5. The van der Waals surface area contributed by atoms with Gasteiger partial charge in [-0.1, -0.05) is 79.8 Å². The highest BCUT2D eigenvalue weighted by Crippen LogP contribution is 1.98. The molecule has 7 nitrogen and oxygen atoms in total. The fourth-order valence-corrected chi connectivity index (χ4v) is 3.05.